The topological polar surface area (TPSA) is 117 Å². The van der Waals surface area contributed by atoms with Gasteiger partial charge in [0, 0.05) is 18.5 Å². The van der Waals surface area contributed by atoms with Crippen LogP contribution in [-0.4, -0.2) is 38.2 Å². The van der Waals surface area contributed by atoms with Gasteiger partial charge < -0.3 is 20.3 Å². The molecule has 1 aliphatic carbocycles. The van der Waals surface area contributed by atoms with Gasteiger partial charge in [0.15, 0.2) is 0 Å². The summed E-state index contributed by atoms with van der Waals surface area (Å²) in [6.07, 6.45) is 5.90. The lowest BCUT2D eigenvalue weighted by molar-refractivity contribution is -0.144. The second-order valence-electron chi connectivity index (χ2n) is 8.18. The summed E-state index contributed by atoms with van der Waals surface area (Å²) in [5.41, 5.74) is -0.362. The summed E-state index contributed by atoms with van der Waals surface area (Å²) in [5.74, 6) is 0.883. The van der Waals surface area contributed by atoms with E-state index in [9.17, 15) is 15.0 Å². The van der Waals surface area contributed by atoms with Crippen LogP contribution in [0.2, 0.25) is 0 Å². The highest BCUT2D eigenvalue weighted by Crippen LogP contribution is 2.43. The van der Waals surface area contributed by atoms with E-state index in [0.717, 1.165) is 10.6 Å². The fraction of sp³-hybridized carbons (Fsp3) is 0.391. The molecule has 9 heteroatoms. The molecule has 0 bridgehead atoms. The van der Waals surface area contributed by atoms with Crippen molar-refractivity contribution in [1.82, 2.24) is 15.0 Å². The summed E-state index contributed by atoms with van der Waals surface area (Å²) in [5, 5.41) is 24.3. The number of nitrogens with one attached hydrogen (secondary N) is 1. The molecule has 1 aliphatic rings. The normalized spacial score (nSPS) is 20.3. The van der Waals surface area contributed by atoms with E-state index < -0.39 is 11.6 Å². The molecule has 3 aromatic rings. The number of methoxy groups -OCH3 is 1. The molecule has 4 rings (SSSR count). The van der Waals surface area contributed by atoms with Gasteiger partial charge in [-0.15, -0.1) is 11.3 Å². The minimum atomic E-state index is -1.10. The van der Waals surface area contributed by atoms with Crippen LogP contribution in [0.1, 0.15) is 37.6 Å². The Balaban J connectivity index is 1.49. The molecule has 0 aromatic carbocycles. The summed E-state index contributed by atoms with van der Waals surface area (Å²) >= 11 is 1.41. The van der Waals surface area contributed by atoms with Crippen LogP contribution >= 0.6 is 11.3 Å². The number of hydrogen-bond acceptors (Lipinski definition) is 8. The highest BCUT2D eigenvalue weighted by atomic mass is 32.1. The number of aromatic nitrogens is 3. The number of aliphatic hydroxyl groups is 1. The number of hydrogen-bond donors (Lipinski definition) is 3. The van der Waals surface area contributed by atoms with Crippen molar-refractivity contribution in [3.63, 3.8) is 0 Å². The first-order valence-corrected chi connectivity index (χ1v) is 11.3. The highest BCUT2D eigenvalue weighted by Gasteiger charge is 2.40. The van der Waals surface area contributed by atoms with Crippen LogP contribution in [0.4, 0.5) is 11.6 Å². The molecule has 1 saturated carbocycles. The van der Waals surface area contributed by atoms with E-state index >= 15 is 0 Å². The van der Waals surface area contributed by atoms with E-state index in [1.807, 2.05) is 18.2 Å². The molecule has 1 atom stereocenters. The lowest BCUT2D eigenvalue weighted by Crippen LogP contribution is -2.35. The number of carboxylic acid groups (broad SMARTS) is 1. The van der Waals surface area contributed by atoms with Crippen molar-refractivity contribution in [2.75, 3.05) is 12.4 Å². The third-order valence-corrected chi connectivity index (χ3v) is 7.28. The average molecular weight is 455 g/mol. The molecular formula is C23H26N4O4S. The first kappa shape index (κ1) is 22.2. The molecule has 0 saturated heterocycles. The fourth-order valence-corrected chi connectivity index (χ4v) is 5.09. The minimum Gasteiger partial charge on any atom is -0.497 e. The number of ether oxygens (including phenoxy) is 1. The van der Waals surface area contributed by atoms with Gasteiger partial charge in [-0.25, -0.2) is 15.0 Å². The highest BCUT2D eigenvalue weighted by molar-refractivity contribution is 7.15. The number of thiazole rings is 1. The second kappa shape index (κ2) is 9.22. The van der Waals surface area contributed by atoms with Crippen molar-refractivity contribution < 1.29 is 19.7 Å². The lowest BCUT2D eigenvalue weighted by atomic mass is 9.74. The molecule has 1 fully saturated rings. The Labute approximate surface area is 190 Å². The van der Waals surface area contributed by atoms with Crippen LogP contribution in [0.5, 0.6) is 5.75 Å². The molecule has 3 heterocycles. The van der Waals surface area contributed by atoms with Crippen molar-refractivity contribution in [2.45, 2.75) is 38.2 Å². The molecular weight excluding hydrogens is 428 g/mol. The van der Waals surface area contributed by atoms with Crippen molar-refractivity contribution >= 4 is 28.9 Å². The largest absolute Gasteiger partial charge is 0.497 e. The second-order valence-corrected chi connectivity index (χ2v) is 9.21. The summed E-state index contributed by atoms with van der Waals surface area (Å²) < 4.78 is 5.23. The van der Waals surface area contributed by atoms with Crippen molar-refractivity contribution in [3.05, 3.63) is 47.7 Å². The monoisotopic (exact) mass is 454 g/mol. The van der Waals surface area contributed by atoms with Crippen LogP contribution in [0.15, 0.2) is 42.7 Å². The Bertz CT molecular complexity index is 1090. The van der Waals surface area contributed by atoms with Gasteiger partial charge in [0.1, 0.15) is 28.0 Å². The van der Waals surface area contributed by atoms with Gasteiger partial charge in [-0.05, 0) is 56.7 Å². The van der Waals surface area contributed by atoms with Crippen molar-refractivity contribution in [2.24, 2.45) is 11.8 Å². The van der Waals surface area contributed by atoms with Gasteiger partial charge in [-0.1, -0.05) is 6.07 Å². The van der Waals surface area contributed by atoms with Crippen molar-refractivity contribution in [3.8, 4) is 16.3 Å². The zero-order valence-corrected chi connectivity index (χ0v) is 18.8. The minimum absolute atomic E-state index is 0.0165. The van der Waals surface area contributed by atoms with Gasteiger partial charge >= 0.3 is 5.97 Å². The van der Waals surface area contributed by atoms with Crippen LogP contribution in [0, 0.1) is 11.8 Å². The number of rotatable bonds is 7. The maximum atomic E-state index is 11.2. The number of nitrogens with zero attached hydrogens (tertiary/aromatic N) is 3. The van der Waals surface area contributed by atoms with Crippen molar-refractivity contribution in [1.29, 1.82) is 0 Å². The van der Waals surface area contributed by atoms with Crippen LogP contribution in [0.25, 0.3) is 10.6 Å². The van der Waals surface area contributed by atoms with E-state index in [4.69, 9.17) is 4.74 Å². The van der Waals surface area contributed by atoms with Crippen LogP contribution in [-0.2, 0) is 10.4 Å². The molecule has 8 nitrogen and oxygen atoms in total. The summed E-state index contributed by atoms with van der Waals surface area (Å²) in [6.45, 7) is 1.78. The molecule has 0 aliphatic heterocycles. The Hall–Kier alpha value is -3.04. The average Bonchev–Trinajstić information content (AvgIpc) is 3.31. The molecule has 1 unspecified atom stereocenters. The van der Waals surface area contributed by atoms with Gasteiger partial charge in [0.25, 0.3) is 0 Å². The standard InChI is InChI=1S/C23H26N4O4S/c1-23(30,15-8-6-14(7-9-15)21(28)29)22-25-13-18(32-22)17-4-3-5-19(26-17)27-20-12-16(31-2)10-11-24-20/h3-5,10-15,30H,6-9H2,1-2H3,(H,28,29)(H,24,26,27)/t14-,15-,23?. The summed E-state index contributed by atoms with van der Waals surface area (Å²) in [4.78, 5) is 25.5. The fourth-order valence-electron chi connectivity index (χ4n) is 4.08. The van der Waals surface area contributed by atoms with Gasteiger partial charge in [-0.3, -0.25) is 4.79 Å². The molecule has 168 valence electrons. The maximum absolute atomic E-state index is 11.2. The third-order valence-electron chi connectivity index (χ3n) is 6.03. The summed E-state index contributed by atoms with van der Waals surface area (Å²) in [6, 6.07) is 9.21. The maximum Gasteiger partial charge on any atom is 0.306 e. The molecule has 3 N–H and O–H groups in total. The zero-order chi connectivity index (χ0) is 22.7. The Morgan fingerprint density at radius 1 is 1.19 bits per heavy atom. The van der Waals surface area contributed by atoms with Gasteiger partial charge in [0.2, 0.25) is 0 Å². The van der Waals surface area contributed by atoms with Gasteiger partial charge in [-0.2, -0.15) is 0 Å². The third kappa shape index (κ3) is 4.73. The first-order chi connectivity index (χ1) is 15.4. The van der Waals surface area contributed by atoms with E-state index in [1.54, 1.807) is 38.6 Å². The smallest absolute Gasteiger partial charge is 0.306 e. The molecule has 0 radical (unpaired) electrons. The molecule has 0 spiro atoms. The van der Waals surface area contributed by atoms with E-state index in [1.165, 1.54) is 11.3 Å². The Morgan fingerprint density at radius 2 is 1.97 bits per heavy atom. The number of carboxylic acids is 1. The number of pyridine rings is 2. The number of aliphatic carboxylic acids is 1. The lowest BCUT2D eigenvalue weighted by Gasteiger charge is -2.35. The number of anilines is 2. The van der Waals surface area contributed by atoms with Crippen LogP contribution < -0.4 is 10.1 Å². The Kier molecular flexibility index (Phi) is 6.38. The zero-order valence-electron chi connectivity index (χ0n) is 18.0. The first-order valence-electron chi connectivity index (χ1n) is 10.5. The summed E-state index contributed by atoms with van der Waals surface area (Å²) in [7, 11) is 1.60. The predicted octanol–water partition coefficient (Wildman–Crippen LogP) is 4.45. The van der Waals surface area contributed by atoms with E-state index in [2.05, 4.69) is 20.3 Å². The predicted molar refractivity (Wildman–Crippen MR) is 122 cm³/mol. The van der Waals surface area contributed by atoms with Crippen LogP contribution in [0.3, 0.4) is 0 Å². The Morgan fingerprint density at radius 3 is 2.69 bits per heavy atom. The SMILES string of the molecule is COc1ccnc(Nc2cccc(-c3cnc(C(C)(O)[C@H]4CC[C@H](C(=O)O)CC4)s3)n2)c1. The molecule has 32 heavy (non-hydrogen) atoms. The number of carbonyl (C=O) groups is 1. The molecule has 3 aromatic heterocycles. The quantitative estimate of drug-likeness (QED) is 0.479. The van der Waals surface area contributed by atoms with E-state index in [-0.39, 0.29) is 11.8 Å². The molecule has 0 amide bonds. The van der Waals surface area contributed by atoms with Gasteiger partial charge in [0.05, 0.1) is 23.6 Å². The van der Waals surface area contributed by atoms with E-state index in [0.29, 0.717) is 48.1 Å².